The Labute approximate surface area is 102 Å². The molecule has 1 aromatic heterocycles. The highest BCUT2D eigenvalue weighted by atomic mass is 16.2. The molecule has 5 nitrogen and oxygen atoms in total. The second-order valence-corrected chi connectivity index (χ2v) is 3.75. The number of hydrogen-bond acceptors (Lipinski definition) is 4. The summed E-state index contributed by atoms with van der Waals surface area (Å²) in [4.78, 5) is 15.7. The van der Waals surface area contributed by atoms with Gasteiger partial charge < -0.3 is 16.0 Å². The maximum absolute atomic E-state index is 11.5. The Balaban J connectivity index is 2.61. The van der Waals surface area contributed by atoms with Crippen LogP contribution in [0.1, 0.15) is 20.8 Å². The van der Waals surface area contributed by atoms with E-state index < -0.39 is 0 Å². The summed E-state index contributed by atoms with van der Waals surface area (Å²) in [7, 11) is 0. The molecule has 0 saturated heterocycles. The molecule has 0 aromatic carbocycles. The summed E-state index contributed by atoms with van der Waals surface area (Å²) in [6, 6.07) is 1.67. The first-order valence-electron chi connectivity index (χ1n) is 5.90. The first-order chi connectivity index (χ1) is 8.17. The molecule has 5 heteroatoms. The fraction of sp³-hybridized carbons (Fsp3) is 0.500. The number of nitrogens with zero attached hydrogens (tertiary/aromatic N) is 1. The van der Waals surface area contributed by atoms with Gasteiger partial charge in [-0.05, 0) is 26.8 Å². The monoisotopic (exact) mass is 236 g/mol. The van der Waals surface area contributed by atoms with Crippen molar-refractivity contribution in [2.75, 3.05) is 23.7 Å². The Morgan fingerprint density at radius 3 is 2.65 bits per heavy atom. The van der Waals surface area contributed by atoms with Gasteiger partial charge in [0.15, 0.2) is 0 Å². The summed E-state index contributed by atoms with van der Waals surface area (Å²) in [6.07, 6.45) is 3.46. The Bertz CT molecular complexity index is 367. The van der Waals surface area contributed by atoms with Gasteiger partial charge in [0.05, 0.1) is 23.8 Å². The lowest BCUT2D eigenvalue weighted by molar-refractivity contribution is -0.121. The van der Waals surface area contributed by atoms with Gasteiger partial charge in [-0.3, -0.25) is 9.78 Å². The lowest BCUT2D eigenvalue weighted by Crippen LogP contribution is -2.37. The summed E-state index contributed by atoms with van der Waals surface area (Å²) in [5.74, 6) is -0.0126. The van der Waals surface area contributed by atoms with Crippen molar-refractivity contribution in [3.8, 4) is 0 Å². The summed E-state index contributed by atoms with van der Waals surface area (Å²) in [5, 5.41) is 9.05. The second kappa shape index (κ2) is 6.73. The molecule has 1 atom stereocenters. The molecule has 17 heavy (non-hydrogen) atoms. The molecule has 0 radical (unpaired) electrons. The van der Waals surface area contributed by atoms with E-state index in [4.69, 9.17) is 0 Å². The number of carbonyl (C=O) groups excluding carboxylic acids is 1. The molecule has 0 aliphatic heterocycles. The number of rotatable bonds is 6. The van der Waals surface area contributed by atoms with Crippen LogP contribution in [0.5, 0.6) is 0 Å². The maximum atomic E-state index is 11.5. The number of anilines is 2. The van der Waals surface area contributed by atoms with E-state index in [2.05, 4.69) is 20.9 Å². The zero-order chi connectivity index (χ0) is 12.7. The third-order valence-corrected chi connectivity index (χ3v) is 2.25. The van der Waals surface area contributed by atoms with Gasteiger partial charge in [0, 0.05) is 13.1 Å². The minimum absolute atomic E-state index is 0.0126. The fourth-order valence-corrected chi connectivity index (χ4v) is 1.46. The van der Waals surface area contributed by atoms with Gasteiger partial charge in [0.2, 0.25) is 5.91 Å². The van der Waals surface area contributed by atoms with Gasteiger partial charge >= 0.3 is 0 Å². The van der Waals surface area contributed by atoms with Crippen LogP contribution in [0.15, 0.2) is 18.5 Å². The zero-order valence-electron chi connectivity index (χ0n) is 10.6. The number of likely N-dealkylation sites (N-methyl/N-ethyl adjacent to an activating group) is 1. The standard InChI is InChI=1S/C12H20N4O/c1-4-14-10-6-11(8-13-7-10)16-9(3)12(17)15-5-2/h6-9,14,16H,4-5H2,1-3H3,(H,15,17). The third kappa shape index (κ3) is 4.30. The topological polar surface area (TPSA) is 66.0 Å². The van der Waals surface area contributed by atoms with E-state index in [0.717, 1.165) is 17.9 Å². The Morgan fingerprint density at radius 1 is 1.29 bits per heavy atom. The van der Waals surface area contributed by atoms with Crippen LogP contribution >= 0.6 is 0 Å². The van der Waals surface area contributed by atoms with Gasteiger partial charge in [-0.15, -0.1) is 0 Å². The minimum atomic E-state index is -0.270. The van der Waals surface area contributed by atoms with Crippen LogP contribution in [-0.4, -0.2) is 30.0 Å². The molecule has 1 amide bonds. The van der Waals surface area contributed by atoms with Gasteiger partial charge in [-0.1, -0.05) is 0 Å². The second-order valence-electron chi connectivity index (χ2n) is 3.75. The number of carbonyl (C=O) groups is 1. The molecule has 0 saturated carbocycles. The van der Waals surface area contributed by atoms with Crippen molar-refractivity contribution in [2.24, 2.45) is 0 Å². The van der Waals surface area contributed by atoms with Crippen LogP contribution in [0.4, 0.5) is 11.4 Å². The molecule has 94 valence electrons. The Hall–Kier alpha value is -1.78. The van der Waals surface area contributed by atoms with Crippen molar-refractivity contribution >= 4 is 17.3 Å². The summed E-state index contributed by atoms with van der Waals surface area (Å²) in [5.41, 5.74) is 1.78. The van der Waals surface area contributed by atoms with Crippen molar-refractivity contribution < 1.29 is 4.79 Å². The molecule has 1 unspecified atom stereocenters. The van der Waals surface area contributed by atoms with Crippen molar-refractivity contribution in [3.05, 3.63) is 18.5 Å². The average molecular weight is 236 g/mol. The fourth-order valence-electron chi connectivity index (χ4n) is 1.46. The average Bonchev–Trinajstić information content (AvgIpc) is 2.30. The highest BCUT2D eigenvalue weighted by Gasteiger charge is 2.11. The third-order valence-electron chi connectivity index (χ3n) is 2.25. The first kappa shape index (κ1) is 13.3. The molecule has 3 N–H and O–H groups in total. The van der Waals surface area contributed by atoms with E-state index in [1.165, 1.54) is 0 Å². The molecule has 0 aliphatic rings. The number of amides is 1. The smallest absolute Gasteiger partial charge is 0.242 e. The molecule has 0 bridgehead atoms. The molecule has 0 aliphatic carbocycles. The predicted octanol–water partition coefficient (Wildman–Crippen LogP) is 1.45. The lowest BCUT2D eigenvalue weighted by atomic mass is 10.2. The number of nitrogens with one attached hydrogen (secondary N) is 3. The quantitative estimate of drug-likeness (QED) is 0.699. The molecule has 1 rings (SSSR count). The SMILES string of the molecule is CCNC(=O)C(C)Nc1cncc(NCC)c1. The Kier molecular flexibility index (Phi) is 5.26. The van der Waals surface area contributed by atoms with Crippen LogP contribution in [0.3, 0.4) is 0 Å². The molecule has 1 aromatic rings. The number of hydrogen-bond donors (Lipinski definition) is 3. The van der Waals surface area contributed by atoms with E-state index in [1.54, 1.807) is 12.4 Å². The van der Waals surface area contributed by atoms with Crippen molar-refractivity contribution in [3.63, 3.8) is 0 Å². The normalized spacial score (nSPS) is 11.7. The van der Waals surface area contributed by atoms with Crippen molar-refractivity contribution in [1.82, 2.24) is 10.3 Å². The van der Waals surface area contributed by atoms with E-state index in [1.807, 2.05) is 26.8 Å². The Morgan fingerprint density at radius 2 is 2.00 bits per heavy atom. The highest BCUT2D eigenvalue weighted by molar-refractivity contribution is 5.84. The van der Waals surface area contributed by atoms with Crippen molar-refractivity contribution in [1.29, 1.82) is 0 Å². The van der Waals surface area contributed by atoms with Gasteiger partial charge in [0.25, 0.3) is 0 Å². The largest absolute Gasteiger partial charge is 0.384 e. The zero-order valence-corrected chi connectivity index (χ0v) is 10.6. The van der Waals surface area contributed by atoms with E-state index in [-0.39, 0.29) is 11.9 Å². The van der Waals surface area contributed by atoms with Gasteiger partial charge in [-0.25, -0.2) is 0 Å². The molecule has 0 spiro atoms. The van der Waals surface area contributed by atoms with Crippen LogP contribution in [0.2, 0.25) is 0 Å². The first-order valence-corrected chi connectivity index (χ1v) is 5.90. The number of aromatic nitrogens is 1. The van der Waals surface area contributed by atoms with Gasteiger partial charge in [0.1, 0.15) is 6.04 Å². The van der Waals surface area contributed by atoms with Crippen LogP contribution < -0.4 is 16.0 Å². The summed E-state index contributed by atoms with van der Waals surface area (Å²) in [6.45, 7) is 7.23. The molecule has 1 heterocycles. The molecular formula is C12H20N4O. The van der Waals surface area contributed by atoms with Gasteiger partial charge in [-0.2, -0.15) is 0 Å². The molecule has 0 fully saturated rings. The number of pyridine rings is 1. The highest BCUT2D eigenvalue weighted by Crippen LogP contribution is 2.13. The lowest BCUT2D eigenvalue weighted by Gasteiger charge is -2.15. The van der Waals surface area contributed by atoms with E-state index >= 15 is 0 Å². The van der Waals surface area contributed by atoms with Crippen molar-refractivity contribution in [2.45, 2.75) is 26.8 Å². The minimum Gasteiger partial charge on any atom is -0.384 e. The van der Waals surface area contributed by atoms with Crippen LogP contribution in [0.25, 0.3) is 0 Å². The van der Waals surface area contributed by atoms with Crippen LogP contribution in [0, 0.1) is 0 Å². The maximum Gasteiger partial charge on any atom is 0.242 e. The summed E-state index contributed by atoms with van der Waals surface area (Å²) >= 11 is 0. The molecular weight excluding hydrogens is 216 g/mol. The van der Waals surface area contributed by atoms with E-state index in [9.17, 15) is 4.79 Å². The predicted molar refractivity (Wildman–Crippen MR) is 70.2 cm³/mol. The van der Waals surface area contributed by atoms with Crippen LogP contribution in [-0.2, 0) is 4.79 Å². The van der Waals surface area contributed by atoms with E-state index in [0.29, 0.717) is 6.54 Å². The summed E-state index contributed by atoms with van der Waals surface area (Å²) < 4.78 is 0.